The second-order valence-corrected chi connectivity index (χ2v) is 15.0. The molecule has 152 valence electrons. The van der Waals surface area contributed by atoms with E-state index in [4.69, 9.17) is 9.16 Å². The first-order valence-corrected chi connectivity index (χ1v) is 12.9. The number of hydrogen-bond acceptors (Lipinski definition) is 3. The summed E-state index contributed by atoms with van der Waals surface area (Å²) in [5.41, 5.74) is 0.665. The van der Waals surface area contributed by atoms with Crippen LogP contribution in [0.15, 0.2) is 30.3 Å². The summed E-state index contributed by atoms with van der Waals surface area (Å²) in [4.78, 5) is 14.7. The highest BCUT2D eigenvalue weighted by molar-refractivity contribution is 6.74. The Balaban J connectivity index is 2.21. The van der Waals surface area contributed by atoms with Crippen molar-refractivity contribution in [2.45, 2.75) is 77.7 Å². The molecule has 0 radical (unpaired) electrons. The van der Waals surface area contributed by atoms with Gasteiger partial charge in [-0.25, -0.2) is 4.79 Å². The fraction of sp³-hybridized carbons (Fsp3) is 0.682. The molecule has 0 unspecified atom stereocenters. The van der Waals surface area contributed by atoms with E-state index in [9.17, 15) is 4.79 Å². The number of carbonyl (C=O) groups excluding carboxylic acids is 1. The zero-order chi connectivity index (χ0) is 20.5. The van der Waals surface area contributed by atoms with Crippen molar-refractivity contribution >= 4 is 14.4 Å². The number of likely N-dealkylation sites (tertiary alicyclic amines) is 1. The smallest absolute Gasteiger partial charge is 0.410 e. The maximum absolute atomic E-state index is 12.8. The van der Waals surface area contributed by atoms with Gasteiger partial charge in [0, 0.05) is 19.1 Å². The summed E-state index contributed by atoms with van der Waals surface area (Å²) in [6.07, 6.45) is 0.708. The van der Waals surface area contributed by atoms with E-state index in [0.717, 1.165) is 12.0 Å². The maximum Gasteiger partial charge on any atom is 0.410 e. The molecule has 1 aliphatic rings. The van der Waals surface area contributed by atoms with Gasteiger partial charge in [0.1, 0.15) is 5.60 Å². The average molecular weight is 392 g/mol. The molecular weight excluding hydrogens is 354 g/mol. The van der Waals surface area contributed by atoms with Crippen molar-refractivity contribution in [3.05, 3.63) is 35.9 Å². The Kier molecular flexibility index (Phi) is 6.47. The predicted molar refractivity (Wildman–Crippen MR) is 113 cm³/mol. The zero-order valence-electron chi connectivity index (χ0n) is 18.3. The van der Waals surface area contributed by atoms with E-state index in [1.54, 1.807) is 0 Å². The van der Waals surface area contributed by atoms with Gasteiger partial charge >= 0.3 is 6.09 Å². The quantitative estimate of drug-likeness (QED) is 0.590. The van der Waals surface area contributed by atoms with Gasteiger partial charge in [-0.2, -0.15) is 0 Å². The molecule has 0 bridgehead atoms. The van der Waals surface area contributed by atoms with Gasteiger partial charge in [0.25, 0.3) is 0 Å². The van der Waals surface area contributed by atoms with Gasteiger partial charge in [0.15, 0.2) is 8.32 Å². The first-order valence-electron chi connectivity index (χ1n) is 10.0. The molecule has 1 fully saturated rings. The van der Waals surface area contributed by atoms with Crippen molar-refractivity contribution in [2.24, 2.45) is 5.92 Å². The molecule has 1 saturated heterocycles. The number of rotatable bonds is 4. The molecule has 1 heterocycles. The summed E-state index contributed by atoms with van der Waals surface area (Å²) in [5.74, 6) is 0.286. The number of nitrogens with zero attached hydrogens (tertiary/aromatic N) is 1. The van der Waals surface area contributed by atoms with Gasteiger partial charge in [-0.1, -0.05) is 51.1 Å². The third-order valence-corrected chi connectivity index (χ3v) is 10.3. The highest BCUT2D eigenvalue weighted by Gasteiger charge is 2.43. The lowest BCUT2D eigenvalue weighted by Crippen LogP contribution is -2.43. The molecule has 0 aliphatic carbocycles. The fourth-order valence-corrected chi connectivity index (χ4v) is 4.25. The highest BCUT2D eigenvalue weighted by atomic mass is 28.4. The number of carbonyl (C=O) groups is 1. The van der Waals surface area contributed by atoms with Crippen LogP contribution < -0.4 is 0 Å². The van der Waals surface area contributed by atoms with Crippen molar-refractivity contribution in [3.63, 3.8) is 0 Å². The Morgan fingerprint density at radius 1 is 1.11 bits per heavy atom. The molecule has 5 heteroatoms. The molecule has 27 heavy (non-hydrogen) atoms. The van der Waals surface area contributed by atoms with Crippen LogP contribution in [0.5, 0.6) is 0 Å². The van der Waals surface area contributed by atoms with Crippen molar-refractivity contribution in [2.75, 3.05) is 13.2 Å². The number of hydrogen-bond donors (Lipinski definition) is 0. The largest absolute Gasteiger partial charge is 0.444 e. The van der Waals surface area contributed by atoms with E-state index >= 15 is 0 Å². The van der Waals surface area contributed by atoms with Crippen LogP contribution in [0, 0.1) is 5.92 Å². The number of benzene rings is 1. The molecule has 2 rings (SSSR count). The van der Waals surface area contributed by atoms with Crippen molar-refractivity contribution in [1.82, 2.24) is 4.90 Å². The van der Waals surface area contributed by atoms with Crippen LogP contribution in [0.2, 0.25) is 18.1 Å². The van der Waals surface area contributed by atoms with Crippen LogP contribution in [0.1, 0.15) is 59.6 Å². The van der Waals surface area contributed by atoms with Gasteiger partial charge in [-0.3, -0.25) is 0 Å². The fourth-order valence-electron chi connectivity index (χ4n) is 3.19. The van der Waals surface area contributed by atoms with E-state index in [1.807, 2.05) is 43.9 Å². The van der Waals surface area contributed by atoms with Crippen LogP contribution in [-0.4, -0.2) is 38.1 Å². The SMILES string of the molecule is CC(C)(C)OC(=O)N1CC[C@H](CO[Si](C)(C)C(C)(C)C)[C@@H]1c1ccccc1. The van der Waals surface area contributed by atoms with E-state index in [-0.39, 0.29) is 23.1 Å². The summed E-state index contributed by atoms with van der Waals surface area (Å²) >= 11 is 0. The average Bonchev–Trinajstić information content (AvgIpc) is 2.95. The van der Waals surface area contributed by atoms with E-state index < -0.39 is 13.9 Å². The molecule has 1 aromatic rings. The van der Waals surface area contributed by atoms with Gasteiger partial charge in [-0.15, -0.1) is 0 Å². The van der Waals surface area contributed by atoms with Gasteiger partial charge < -0.3 is 14.1 Å². The second-order valence-electron chi connectivity index (χ2n) is 10.1. The lowest BCUT2D eigenvalue weighted by Gasteiger charge is -2.38. The predicted octanol–water partition coefficient (Wildman–Crippen LogP) is 6.01. The minimum Gasteiger partial charge on any atom is -0.444 e. The summed E-state index contributed by atoms with van der Waals surface area (Å²) in [7, 11) is -1.83. The maximum atomic E-state index is 12.8. The monoisotopic (exact) mass is 391 g/mol. The topological polar surface area (TPSA) is 38.8 Å². The first-order chi connectivity index (χ1) is 12.3. The molecule has 0 aromatic heterocycles. The third-order valence-electron chi connectivity index (χ3n) is 5.76. The molecule has 1 aromatic carbocycles. The molecule has 4 nitrogen and oxygen atoms in total. The Hall–Kier alpha value is -1.33. The molecule has 0 spiro atoms. The standard InChI is InChI=1S/C22H37NO3Si/c1-21(2,3)26-20(24)23-15-14-18(16-25-27(7,8)22(4,5)6)19(23)17-12-10-9-11-13-17/h9-13,18-19H,14-16H2,1-8H3/t18-,19+/m1/s1. The zero-order valence-corrected chi connectivity index (χ0v) is 19.3. The Morgan fingerprint density at radius 3 is 2.22 bits per heavy atom. The Morgan fingerprint density at radius 2 is 1.70 bits per heavy atom. The van der Waals surface area contributed by atoms with Crippen LogP contribution in [0.3, 0.4) is 0 Å². The molecule has 0 saturated carbocycles. The molecule has 2 atom stereocenters. The minimum atomic E-state index is -1.83. The Bertz CT molecular complexity index is 631. The van der Waals surface area contributed by atoms with Crippen molar-refractivity contribution < 1.29 is 14.0 Å². The lowest BCUT2D eigenvalue weighted by molar-refractivity contribution is 0.0193. The molecule has 0 N–H and O–H groups in total. The first kappa shape index (κ1) is 22.0. The van der Waals surface area contributed by atoms with Gasteiger partial charge in [-0.05, 0) is 50.9 Å². The van der Waals surface area contributed by atoms with Gasteiger partial charge in [0.2, 0.25) is 0 Å². The molecule has 1 amide bonds. The number of amides is 1. The van der Waals surface area contributed by atoms with E-state index in [2.05, 4.69) is 46.0 Å². The van der Waals surface area contributed by atoms with Crippen LogP contribution >= 0.6 is 0 Å². The van der Waals surface area contributed by atoms with Crippen molar-refractivity contribution in [3.8, 4) is 0 Å². The van der Waals surface area contributed by atoms with Crippen LogP contribution in [-0.2, 0) is 9.16 Å². The Labute approximate surface area is 166 Å². The summed E-state index contributed by atoms with van der Waals surface area (Å²) < 4.78 is 12.2. The molecule has 1 aliphatic heterocycles. The lowest BCUT2D eigenvalue weighted by atomic mass is 9.94. The van der Waals surface area contributed by atoms with Crippen LogP contribution in [0.4, 0.5) is 4.79 Å². The third kappa shape index (κ3) is 5.58. The summed E-state index contributed by atoms with van der Waals surface area (Å²) in [6, 6.07) is 10.3. The van der Waals surface area contributed by atoms with E-state index in [1.165, 1.54) is 0 Å². The van der Waals surface area contributed by atoms with Crippen molar-refractivity contribution in [1.29, 1.82) is 0 Å². The number of ether oxygens (including phenoxy) is 1. The van der Waals surface area contributed by atoms with E-state index in [0.29, 0.717) is 13.2 Å². The van der Waals surface area contributed by atoms with Crippen LogP contribution in [0.25, 0.3) is 0 Å². The second kappa shape index (κ2) is 7.96. The van der Waals surface area contributed by atoms with Gasteiger partial charge in [0.05, 0.1) is 6.04 Å². The summed E-state index contributed by atoms with van der Waals surface area (Å²) in [6.45, 7) is 18.5. The minimum absolute atomic E-state index is 0.00539. The summed E-state index contributed by atoms with van der Waals surface area (Å²) in [5, 5.41) is 0.179. The molecular formula is C22H37NO3Si. The normalized spacial score (nSPS) is 21.4. The highest BCUT2D eigenvalue weighted by Crippen LogP contribution is 2.41.